The molecule has 0 spiro atoms. The van der Waals surface area contributed by atoms with E-state index in [4.69, 9.17) is 28.6 Å². The minimum atomic E-state index is -0.220. The second kappa shape index (κ2) is 5.37. The van der Waals surface area contributed by atoms with E-state index in [2.05, 4.69) is 4.98 Å². The summed E-state index contributed by atoms with van der Waals surface area (Å²) in [6.07, 6.45) is 1.63. The first kappa shape index (κ1) is 12.9. The molecule has 1 heterocycles. The first-order valence-electron chi connectivity index (χ1n) is 5.23. The Labute approximate surface area is 114 Å². The summed E-state index contributed by atoms with van der Waals surface area (Å²) >= 11 is 11.2. The number of hydrogen-bond acceptors (Lipinski definition) is 3. The molecule has 0 atom stereocenters. The largest absolute Gasteiger partial charge is 0.496 e. The zero-order chi connectivity index (χ0) is 13.1. The molecule has 0 aliphatic heterocycles. The number of H-pyrrole nitrogens is 1. The van der Waals surface area contributed by atoms with Gasteiger partial charge in [0.25, 0.3) is 5.56 Å². The molecule has 0 bridgehead atoms. The second-order valence-corrected chi connectivity index (χ2v) is 4.45. The molecule has 2 rings (SSSR count). The van der Waals surface area contributed by atoms with Gasteiger partial charge >= 0.3 is 0 Å². The first-order chi connectivity index (χ1) is 8.61. The topological polar surface area (TPSA) is 47.0 Å². The fraction of sp³-hybridized carbons (Fsp3) is 0.167. The van der Waals surface area contributed by atoms with Crippen LogP contribution in [0.4, 0.5) is 0 Å². The van der Waals surface area contributed by atoms with E-state index in [1.807, 2.05) is 12.1 Å². The molecule has 1 N–H and O–H groups in total. The number of methoxy groups -OCH3 is 1. The van der Waals surface area contributed by atoms with Crippen molar-refractivity contribution < 1.29 is 4.74 Å². The Balaban J connectivity index is 2.46. The average Bonchev–Trinajstić information content (AvgIpc) is 2.34. The fourth-order valence-electron chi connectivity index (χ4n) is 1.62. The van der Waals surface area contributed by atoms with Gasteiger partial charge in [-0.05, 0) is 24.4 Å². The number of aromatic amines is 1. The van der Waals surface area contributed by atoms with E-state index in [9.17, 15) is 4.79 Å². The van der Waals surface area contributed by atoms with E-state index in [0.29, 0.717) is 22.1 Å². The van der Waals surface area contributed by atoms with Crippen LogP contribution >= 0.6 is 23.8 Å². The van der Waals surface area contributed by atoms with Crippen LogP contribution in [0.3, 0.4) is 0 Å². The third-order valence-electron chi connectivity index (χ3n) is 2.52. The van der Waals surface area contributed by atoms with Crippen LogP contribution in [0.25, 0.3) is 0 Å². The molecule has 0 amide bonds. The molecule has 0 saturated carbocycles. The number of ether oxygens (including phenoxy) is 1. The van der Waals surface area contributed by atoms with Crippen molar-refractivity contribution in [2.45, 2.75) is 6.54 Å². The highest BCUT2D eigenvalue weighted by atomic mass is 35.5. The SMILES string of the molecule is COc1cccc(Cl)c1Cn1ccc(=O)[nH]c1=S. The van der Waals surface area contributed by atoms with Crippen LogP contribution in [-0.2, 0) is 6.54 Å². The van der Waals surface area contributed by atoms with E-state index in [-0.39, 0.29) is 5.56 Å². The van der Waals surface area contributed by atoms with Crippen LogP contribution in [0.15, 0.2) is 35.3 Å². The van der Waals surface area contributed by atoms with Crippen LogP contribution in [0.1, 0.15) is 5.56 Å². The molecule has 4 nitrogen and oxygen atoms in total. The number of benzene rings is 1. The Morgan fingerprint density at radius 3 is 2.89 bits per heavy atom. The van der Waals surface area contributed by atoms with Gasteiger partial charge in [0.1, 0.15) is 5.75 Å². The molecule has 2 aromatic rings. The van der Waals surface area contributed by atoms with Gasteiger partial charge in [0.2, 0.25) is 0 Å². The van der Waals surface area contributed by atoms with E-state index in [0.717, 1.165) is 5.56 Å². The highest BCUT2D eigenvalue weighted by molar-refractivity contribution is 7.71. The van der Waals surface area contributed by atoms with Crippen LogP contribution in [-0.4, -0.2) is 16.7 Å². The van der Waals surface area contributed by atoms with Crippen molar-refractivity contribution >= 4 is 23.8 Å². The summed E-state index contributed by atoms with van der Waals surface area (Å²) in [4.78, 5) is 13.7. The van der Waals surface area contributed by atoms with Crippen LogP contribution < -0.4 is 10.3 Å². The Morgan fingerprint density at radius 2 is 2.22 bits per heavy atom. The molecule has 0 radical (unpaired) electrons. The maximum atomic E-state index is 11.1. The highest BCUT2D eigenvalue weighted by Gasteiger charge is 2.08. The van der Waals surface area contributed by atoms with Crippen molar-refractivity contribution in [2.75, 3.05) is 7.11 Å². The predicted molar refractivity (Wildman–Crippen MR) is 73.0 cm³/mol. The number of aromatic nitrogens is 2. The maximum absolute atomic E-state index is 11.1. The zero-order valence-corrected chi connectivity index (χ0v) is 11.2. The van der Waals surface area contributed by atoms with Gasteiger partial charge in [-0.25, -0.2) is 0 Å². The van der Waals surface area contributed by atoms with Gasteiger partial charge in [0.15, 0.2) is 4.77 Å². The molecule has 1 aromatic carbocycles. The van der Waals surface area contributed by atoms with Gasteiger partial charge in [0.05, 0.1) is 13.7 Å². The van der Waals surface area contributed by atoms with Gasteiger partial charge in [-0.2, -0.15) is 0 Å². The monoisotopic (exact) mass is 282 g/mol. The van der Waals surface area contributed by atoms with Gasteiger partial charge in [-0.1, -0.05) is 17.7 Å². The molecular weight excluding hydrogens is 272 g/mol. The maximum Gasteiger partial charge on any atom is 0.251 e. The zero-order valence-electron chi connectivity index (χ0n) is 9.64. The Hall–Kier alpha value is -1.59. The molecule has 6 heteroatoms. The summed E-state index contributed by atoms with van der Waals surface area (Å²) < 4.78 is 7.33. The lowest BCUT2D eigenvalue weighted by molar-refractivity contribution is 0.408. The number of nitrogens with zero attached hydrogens (tertiary/aromatic N) is 1. The summed E-state index contributed by atoms with van der Waals surface area (Å²) in [6, 6.07) is 6.85. The molecule has 0 fully saturated rings. The smallest absolute Gasteiger partial charge is 0.251 e. The molecular formula is C12H11ClN2O2S. The molecule has 0 unspecified atom stereocenters. The van der Waals surface area contributed by atoms with Gasteiger partial charge in [0, 0.05) is 22.8 Å². The minimum absolute atomic E-state index is 0.220. The number of halogens is 1. The summed E-state index contributed by atoms with van der Waals surface area (Å²) in [6.45, 7) is 0.443. The summed E-state index contributed by atoms with van der Waals surface area (Å²) in [5.74, 6) is 0.690. The van der Waals surface area contributed by atoms with Crippen LogP contribution in [0.2, 0.25) is 5.02 Å². The second-order valence-electron chi connectivity index (χ2n) is 3.66. The molecule has 0 saturated heterocycles. The molecule has 1 aromatic heterocycles. The quantitative estimate of drug-likeness (QED) is 0.881. The Morgan fingerprint density at radius 1 is 1.44 bits per heavy atom. The third kappa shape index (κ3) is 2.63. The van der Waals surface area contributed by atoms with Gasteiger partial charge in [-0.3, -0.25) is 9.78 Å². The number of hydrogen-bond donors (Lipinski definition) is 1. The molecule has 18 heavy (non-hydrogen) atoms. The molecule has 0 aliphatic carbocycles. The highest BCUT2D eigenvalue weighted by Crippen LogP contribution is 2.26. The van der Waals surface area contributed by atoms with Gasteiger partial charge in [-0.15, -0.1) is 0 Å². The first-order valence-corrected chi connectivity index (χ1v) is 6.01. The van der Waals surface area contributed by atoms with Crippen LogP contribution in [0.5, 0.6) is 5.75 Å². The summed E-state index contributed by atoms with van der Waals surface area (Å²) in [5, 5.41) is 0.599. The lowest BCUT2D eigenvalue weighted by atomic mass is 10.2. The lowest BCUT2D eigenvalue weighted by Gasteiger charge is -2.12. The van der Waals surface area contributed by atoms with Crippen molar-refractivity contribution in [3.63, 3.8) is 0 Å². The summed E-state index contributed by atoms with van der Waals surface area (Å²) in [7, 11) is 1.58. The normalized spacial score (nSPS) is 10.3. The average molecular weight is 283 g/mol. The van der Waals surface area contributed by atoms with E-state index < -0.39 is 0 Å². The number of rotatable bonds is 3. The summed E-state index contributed by atoms with van der Waals surface area (Å²) in [5.41, 5.74) is 0.604. The molecule has 94 valence electrons. The van der Waals surface area contributed by atoms with Crippen molar-refractivity contribution in [3.8, 4) is 5.75 Å². The minimum Gasteiger partial charge on any atom is -0.496 e. The van der Waals surface area contributed by atoms with Crippen LogP contribution in [0, 0.1) is 4.77 Å². The van der Waals surface area contributed by atoms with E-state index in [1.54, 1.807) is 23.9 Å². The lowest BCUT2D eigenvalue weighted by Crippen LogP contribution is -2.12. The van der Waals surface area contributed by atoms with Crippen molar-refractivity contribution in [1.82, 2.24) is 9.55 Å². The standard InChI is InChI=1S/C12H11ClN2O2S/c1-17-10-4-2-3-9(13)8(10)7-15-6-5-11(16)14-12(15)18/h2-6H,7H2,1H3,(H,14,16,18). The van der Waals surface area contributed by atoms with E-state index in [1.165, 1.54) is 6.07 Å². The fourth-order valence-corrected chi connectivity index (χ4v) is 2.07. The van der Waals surface area contributed by atoms with Crippen molar-refractivity contribution in [3.05, 3.63) is 56.2 Å². The van der Waals surface area contributed by atoms with E-state index >= 15 is 0 Å². The predicted octanol–water partition coefficient (Wildman–Crippen LogP) is 2.62. The third-order valence-corrected chi connectivity index (χ3v) is 3.21. The van der Waals surface area contributed by atoms with Crippen molar-refractivity contribution in [2.24, 2.45) is 0 Å². The van der Waals surface area contributed by atoms with Gasteiger partial charge < -0.3 is 9.30 Å². The Bertz CT molecular complexity index is 678. The number of nitrogens with one attached hydrogen (secondary N) is 1. The molecule has 0 aliphatic rings. The van der Waals surface area contributed by atoms with Crippen molar-refractivity contribution in [1.29, 1.82) is 0 Å². The Kier molecular flexibility index (Phi) is 3.84.